The Kier molecular flexibility index (Phi) is 5.11. The van der Waals surface area contributed by atoms with E-state index in [4.69, 9.17) is 27.1 Å². The van der Waals surface area contributed by atoms with Crippen LogP contribution in [0.1, 0.15) is 12.8 Å². The molecule has 0 unspecified atom stereocenters. The third-order valence-corrected chi connectivity index (χ3v) is 1.93. The predicted molar refractivity (Wildman–Crippen MR) is 52.3 cm³/mol. The maximum atomic E-state index is 5.39. The largest absolute Gasteiger partial charge is 0.360 e. The molecule has 1 aliphatic heterocycles. The Morgan fingerprint density at radius 3 is 2.64 bits per heavy atom. The minimum atomic E-state index is -0.367. The monoisotopic (exact) mass is 194 g/mol. The van der Waals surface area contributed by atoms with Gasteiger partial charge >= 0.3 is 0 Å². The molecule has 1 heterocycles. The van der Waals surface area contributed by atoms with Crippen LogP contribution in [0.15, 0.2) is 0 Å². The van der Waals surface area contributed by atoms with Crippen molar-refractivity contribution in [3.8, 4) is 24.7 Å². The van der Waals surface area contributed by atoms with Crippen LogP contribution in [0.25, 0.3) is 0 Å². The van der Waals surface area contributed by atoms with E-state index in [1.807, 2.05) is 0 Å². The topological polar surface area (TPSA) is 27.7 Å². The Hall–Kier alpha value is -1.00. The molecule has 2 atom stereocenters. The average Bonchev–Trinajstić information content (AvgIpc) is 2.24. The highest BCUT2D eigenvalue weighted by molar-refractivity contribution is 4.86. The Morgan fingerprint density at radius 2 is 1.93 bits per heavy atom. The molecule has 0 aliphatic carbocycles. The zero-order valence-electron chi connectivity index (χ0n) is 8.07. The van der Waals surface area contributed by atoms with Crippen LogP contribution >= 0.6 is 0 Å². The van der Waals surface area contributed by atoms with Gasteiger partial charge in [-0.1, -0.05) is 11.8 Å². The summed E-state index contributed by atoms with van der Waals surface area (Å²) in [6, 6.07) is 0. The summed E-state index contributed by atoms with van der Waals surface area (Å²) in [6.07, 6.45) is 11.6. The highest BCUT2D eigenvalue weighted by Gasteiger charge is 2.26. The molecule has 0 amide bonds. The summed E-state index contributed by atoms with van der Waals surface area (Å²) in [7, 11) is 0. The van der Waals surface area contributed by atoms with Crippen molar-refractivity contribution in [2.24, 2.45) is 0 Å². The number of rotatable bonds is 4. The molecule has 3 nitrogen and oxygen atoms in total. The van der Waals surface area contributed by atoms with Crippen molar-refractivity contribution < 1.29 is 14.2 Å². The molecule has 1 aliphatic rings. The van der Waals surface area contributed by atoms with Crippen LogP contribution in [0.2, 0.25) is 0 Å². The highest BCUT2D eigenvalue weighted by Crippen LogP contribution is 2.17. The molecule has 0 N–H and O–H groups in total. The van der Waals surface area contributed by atoms with Gasteiger partial charge in [0.25, 0.3) is 0 Å². The predicted octanol–water partition coefficient (Wildman–Crippen LogP) is 0.791. The van der Waals surface area contributed by atoms with Crippen molar-refractivity contribution in [3.63, 3.8) is 0 Å². The highest BCUT2D eigenvalue weighted by atomic mass is 16.7. The smallest absolute Gasteiger partial charge is 0.184 e. The van der Waals surface area contributed by atoms with E-state index in [1.54, 1.807) is 0 Å². The van der Waals surface area contributed by atoms with Crippen LogP contribution in [-0.4, -0.2) is 32.2 Å². The molecule has 0 spiro atoms. The summed E-state index contributed by atoms with van der Waals surface area (Å²) in [6.45, 7) is 1.20. The zero-order valence-corrected chi connectivity index (χ0v) is 8.07. The third kappa shape index (κ3) is 3.40. The van der Waals surface area contributed by atoms with Gasteiger partial charge in [0.05, 0.1) is 0 Å². The van der Waals surface area contributed by atoms with E-state index in [0.29, 0.717) is 6.61 Å². The van der Waals surface area contributed by atoms with Crippen LogP contribution in [0.5, 0.6) is 0 Å². The van der Waals surface area contributed by atoms with Crippen LogP contribution in [0.4, 0.5) is 0 Å². The molecule has 0 saturated carbocycles. The van der Waals surface area contributed by atoms with Crippen molar-refractivity contribution in [2.45, 2.75) is 25.2 Å². The Labute approximate surface area is 84.7 Å². The minimum absolute atomic E-state index is 0.0897. The van der Waals surface area contributed by atoms with Gasteiger partial charge in [-0.25, -0.2) is 0 Å². The first kappa shape index (κ1) is 11.1. The fraction of sp³-hybridized carbons (Fsp3) is 0.636. The van der Waals surface area contributed by atoms with Crippen LogP contribution in [0.3, 0.4) is 0 Å². The molecule has 14 heavy (non-hydrogen) atoms. The fourth-order valence-electron chi connectivity index (χ4n) is 1.33. The maximum Gasteiger partial charge on any atom is 0.184 e. The van der Waals surface area contributed by atoms with Crippen molar-refractivity contribution >= 4 is 0 Å². The van der Waals surface area contributed by atoms with Gasteiger partial charge in [0.1, 0.15) is 19.3 Å². The molecule has 0 aromatic heterocycles. The van der Waals surface area contributed by atoms with E-state index in [2.05, 4.69) is 11.8 Å². The van der Waals surface area contributed by atoms with Gasteiger partial charge in [0.2, 0.25) is 0 Å². The number of hydrogen-bond acceptors (Lipinski definition) is 3. The lowest BCUT2D eigenvalue weighted by Gasteiger charge is -2.30. The second-order valence-corrected chi connectivity index (χ2v) is 2.95. The summed E-state index contributed by atoms with van der Waals surface area (Å²) in [5, 5.41) is 0. The summed E-state index contributed by atoms with van der Waals surface area (Å²) in [4.78, 5) is 0. The fourth-order valence-corrected chi connectivity index (χ4v) is 1.33. The first-order valence-corrected chi connectivity index (χ1v) is 4.60. The molecule has 1 saturated heterocycles. The molecular formula is C11H14O3. The molecule has 0 aromatic carbocycles. The summed E-state index contributed by atoms with van der Waals surface area (Å²) in [5.41, 5.74) is 0. The Morgan fingerprint density at radius 1 is 1.21 bits per heavy atom. The summed E-state index contributed by atoms with van der Waals surface area (Å²) >= 11 is 0. The van der Waals surface area contributed by atoms with E-state index < -0.39 is 0 Å². The molecule has 1 rings (SSSR count). The van der Waals surface area contributed by atoms with E-state index in [9.17, 15) is 0 Å². The van der Waals surface area contributed by atoms with Gasteiger partial charge in [-0.3, -0.25) is 0 Å². The van der Waals surface area contributed by atoms with E-state index >= 15 is 0 Å². The van der Waals surface area contributed by atoms with Crippen LogP contribution < -0.4 is 0 Å². The lowest BCUT2D eigenvalue weighted by molar-refractivity contribution is -0.219. The average molecular weight is 194 g/mol. The molecular weight excluding hydrogens is 180 g/mol. The van der Waals surface area contributed by atoms with Crippen molar-refractivity contribution in [2.75, 3.05) is 19.8 Å². The molecule has 0 radical (unpaired) electrons. The zero-order chi connectivity index (χ0) is 10.2. The van der Waals surface area contributed by atoms with E-state index in [-0.39, 0.29) is 25.6 Å². The van der Waals surface area contributed by atoms with Gasteiger partial charge < -0.3 is 14.2 Å². The first-order valence-electron chi connectivity index (χ1n) is 4.60. The third-order valence-electron chi connectivity index (χ3n) is 1.93. The molecule has 1 fully saturated rings. The SMILES string of the molecule is C#CCO[C@H]1OCCC[C@@H]1OCC#C. The maximum absolute atomic E-state index is 5.39. The normalized spacial score (nSPS) is 26.4. The van der Waals surface area contributed by atoms with Gasteiger partial charge in [-0.2, -0.15) is 0 Å². The molecule has 3 heteroatoms. The van der Waals surface area contributed by atoms with Crippen molar-refractivity contribution in [1.29, 1.82) is 0 Å². The van der Waals surface area contributed by atoms with Gasteiger partial charge in [0, 0.05) is 6.61 Å². The van der Waals surface area contributed by atoms with Gasteiger partial charge in [-0.05, 0) is 12.8 Å². The second kappa shape index (κ2) is 6.45. The standard InChI is InChI=1S/C11H14O3/c1-3-7-12-10-6-5-9-14-11(10)13-8-4-2/h1-2,10-11H,5-9H2/t10-,11-/m0/s1. The van der Waals surface area contributed by atoms with Gasteiger partial charge in [-0.15, -0.1) is 12.8 Å². The minimum Gasteiger partial charge on any atom is -0.360 e. The first-order chi connectivity index (χ1) is 6.88. The second-order valence-electron chi connectivity index (χ2n) is 2.95. The van der Waals surface area contributed by atoms with Crippen LogP contribution in [-0.2, 0) is 14.2 Å². The molecule has 0 aromatic rings. The Balaban J connectivity index is 2.35. The van der Waals surface area contributed by atoms with Gasteiger partial charge in [0.15, 0.2) is 6.29 Å². The van der Waals surface area contributed by atoms with Crippen molar-refractivity contribution in [1.82, 2.24) is 0 Å². The lowest BCUT2D eigenvalue weighted by atomic mass is 10.1. The quantitative estimate of drug-likeness (QED) is 0.619. The van der Waals surface area contributed by atoms with Crippen molar-refractivity contribution in [3.05, 3.63) is 0 Å². The number of terminal acetylenes is 2. The summed E-state index contributed by atoms with van der Waals surface area (Å²) in [5.74, 6) is 4.81. The summed E-state index contributed by atoms with van der Waals surface area (Å²) < 4.78 is 16.1. The molecule has 76 valence electrons. The molecule has 0 bridgehead atoms. The Bertz CT molecular complexity index is 210. The van der Waals surface area contributed by atoms with E-state index in [0.717, 1.165) is 12.8 Å². The van der Waals surface area contributed by atoms with E-state index in [1.165, 1.54) is 0 Å². The number of hydrogen-bond donors (Lipinski definition) is 0. The number of ether oxygens (including phenoxy) is 3. The van der Waals surface area contributed by atoms with Crippen LogP contribution in [0, 0.1) is 24.7 Å². The lowest BCUT2D eigenvalue weighted by Crippen LogP contribution is -2.38.